The molecule has 0 atom stereocenters. The van der Waals surface area contributed by atoms with Crippen molar-refractivity contribution in [1.82, 2.24) is 0 Å². The molecule has 0 radical (unpaired) electrons. The van der Waals surface area contributed by atoms with Crippen LogP contribution < -0.4 is 0 Å². The van der Waals surface area contributed by atoms with Crippen LogP contribution in [0.3, 0.4) is 0 Å². The van der Waals surface area contributed by atoms with Gasteiger partial charge in [0.15, 0.2) is 0 Å². The average molecular weight is 256 g/mol. The Bertz CT molecular complexity index is 418. The highest BCUT2D eigenvalue weighted by Crippen LogP contribution is 2.36. The van der Waals surface area contributed by atoms with Crippen molar-refractivity contribution in [3.05, 3.63) is 34.9 Å². The van der Waals surface area contributed by atoms with E-state index in [9.17, 15) is 31.1 Å². The largest absolute Gasteiger partial charge is 0.416 e. The van der Waals surface area contributed by atoms with Crippen molar-refractivity contribution in [2.45, 2.75) is 18.8 Å². The van der Waals surface area contributed by atoms with E-state index in [1.165, 1.54) is 0 Å². The number of carbonyl (C=O) groups excluding carboxylic acids is 1. The topological polar surface area (TPSA) is 17.1 Å². The zero-order chi connectivity index (χ0) is 13.3. The SMILES string of the molecule is O=CCc1cc(C(F)(F)F)ccc1C(F)(F)F. The van der Waals surface area contributed by atoms with Gasteiger partial charge in [-0.2, -0.15) is 26.3 Å². The van der Waals surface area contributed by atoms with Crippen LogP contribution >= 0.6 is 0 Å². The van der Waals surface area contributed by atoms with Gasteiger partial charge in [0.1, 0.15) is 6.29 Å². The van der Waals surface area contributed by atoms with Gasteiger partial charge in [0.05, 0.1) is 11.1 Å². The molecule has 0 aromatic heterocycles. The van der Waals surface area contributed by atoms with Crippen molar-refractivity contribution in [3.8, 4) is 0 Å². The van der Waals surface area contributed by atoms with Crippen LogP contribution in [0.5, 0.6) is 0 Å². The number of aldehydes is 1. The number of carbonyl (C=O) groups is 1. The van der Waals surface area contributed by atoms with Gasteiger partial charge in [0.25, 0.3) is 0 Å². The molecule has 0 amide bonds. The summed E-state index contributed by atoms with van der Waals surface area (Å²) in [5, 5.41) is 0. The van der Waals surface area contributed by atoms with E-state index in [1.807, 2.05) is 0 Å². The van der Waals surface area contributed by atoms with Crippen LogP contribution in [0.4, 0.5) is 26.3 Å². The fourth-order valence-corrected chi connectivity index (χ4v) is 1.31. The summed E-state index contributed by atoms with van der Waals surface area (Å²) in [6.07, 6.45) is -10.1. The van der Waals surface area contributed by atoms with Gasteiger partial charge in [-0.25, -0.2) is 0 Å². The number of hydrogen-bond acceptors (Lipinski definition) is 1. The van der Waals surface area contributed by atoms with Gasteiger partial charge in [-0.05, 0) is 23.8 Å². The van der Waals surface area contributed by atoms with Crippen LogP contribution in [0.15, 0.2) is 18.2 Å². The minimum Gasteiger partial charge on any atom is -0.303 e. The summed E-state index contributed by atoms with van der Waals surface area (Å²) in [5.74, 6) is 0. The van der Waals surface area contributed by atoms with Gasteiger partial charge >= 0.3 is 12.4 Å². The Morgan fingerprint density at radius 2 is 1.59 bits per heavy atom. The molecule has 0 aliphatic rings. The zero-order valence-corrected chi connectivity index (χ0v) is 8.19. The molecule has 1 rings (SSSR count). The Balaban J connectivity index is 3.32. The molecule has 0 aliphatic heterocycles. The lowest BCUT2D eigenvalue weighted by Crippen LogP contribution is -2.13. The smallest absolute Gasteiger partial charge is 0.303 e. The molecule has 0 aliphatic carbocycles. The summed E-state index contributed by atoms with van der Waals surface area (Å²) in [6, 6.07) is 1.02. The van der Waals surface area contributed by atoms with Gasteiger partial charge in [0, 0.05) is 6.42 Å². The number of alkyl halides is 6. The third-order valence-electron chi connectivity index (χ3n) is 2.04. The van der Waals surface area contributed by atoms with Crippen molar-refractivity contribution in [2.24, 2.45) is 0 Å². The first-order valence-corrected chi connectivity index (χ1v) is 4.37. The second kappa shape index (κ2) is 4.38. The zero-order valence-electron chi connectivity index (χ0n) is 8.19. The second-order valence-electron chi connectivity index (χ2n) is 3.24. The molecule has 0 bridgehead atoms. The molecule has 0 unspecified atom stereocenters. The summed E-state index contributed by atoms with van der Waals surface area (Å²) in [5.41, 5.74) is -3.11. The van der Waals surface area contributed by atoms with E-state index >= 15 is 0 Å². The minimum atomic E-state index is -4.78. The lowest BCUT2D eigenvalue weighted by molar-refractivity contribution is -0.141. The van der Waals surface area contributed by atoms with Crippen molar-refractivity contribution >= 4 is 6.29 Å². The molecule has 0 fully saturated rings. The number of rotatable bonds is 2. The highest BCUT2D eigenvalue weighted by Gasteiger charge is 2.36. The molecule has 0 saturated carbocycles. The summed E-state index contributed by atoms with van der Waals surface area (Å²) in [4.78, 5) is 10.2. The molecular formula is C10H6F6O. The predicted octanol–water partition coefficient (Wildman–Crippen LogP) is 3.47. The second-order valence-corrected chi connectivity index (χ2v) is 3.24. The van der Waals surface area contributed by atoms with Crippen molar-refractivity contribution in [2.75, 3.05) is 0 Å². The van der Waals surface area contributed by atoms with E-state index in [2.05, 4.69) is 0 Å². The van der Waals surface area contributed by atoms with Crippen LogP contribution in [0.25, 0.3) is 0 Å². The summed E-state index contributed by atoms with van der Waals surface area (Å²) >= 11 is 0. The van der Waals surface area contributed by atoms with Crippen molar-refractivity contribution < 1.29 is 31.1 Å². The average Bonchev–Trinajstić information content (AvgIpc) is 2.15. The first-order valence-electron chi connectivity index (χ1n) is 4.37. The van der Waals surface area contributed by atoms with Crippen LogP contribution in [0.2, 0.25) is 0 Å². The lowest BCUT2D eigenvalue weighted by Gasteiger charge is -2.14. The third kappa shape index (κ3) is 3.21. The Hall–Kier alpha value is -1.53. The van der Waals surface area contributed by atoms with Crippen LogP contribution in [-0.2, 0) is 23.6 Å². The molecule has 94 valence electrons. The van der Waals surface area contributed by atoms with E-state index in [0.717, 1.165) is 0 Å². The summed E-state index contributed by atoms with van der Waals surface area (Å²) < 4.78 is 74.0. The molecule has 0 N–H and O–H groups in total. The third-order valence-corrected chi connectivity index (χ3v) is 2.04. The van der Waals surface area contributed by atoms with E-state index in [-0.39, 0.29) is 6.29 Å². The van der Waals surface area contributed by atoms with E-state index in [1.54, 1.807) is 0 Å². The van der Waals surface area contributed by atoms with Crippen LogP contribution in [0, 0.1) is 0 Å². The van der Waals surface area contributed by atoms with Gasteiger partial charge in [-0.1, -0.05) is 0 Å². The quantitative estimate of drug-likeness (QED) is 0.585. The Labute approximate surface area is 92.0 Å². The molecule has 1 aromatic carbocycles. The van der Waals surface area contributed by atoms with E-state index < -0.39 is 35.5 Å². The normalized spacial score (nSPS) is 12.6. The summed E-state index contributed by atoms with van der Waals surface area (Å²) in [7, 11) is 0. The first kappa shape index (κ1) is 13.5. The predicted molar refractivity (Wildman–Crippen MR) is 46.2 cm³/mol. The molecule has 1 nitrogen and oxygen atoms in total. The van der Waals surface area contributed by atoms with Gasteiger partial charge in [-0.15, -0.1) is 0 Å². The fraction of sp³-hybridized carbons (Fsp3) is 0.300. The summed E-state index contributed by atoms with van der Waals surface area (Å²) in [6.45, 7) is 0. The highest BCUT2D eigenvalue weighted by molar-refractivity contribution is 5.57. The fourth-order valence-electron chi connectivity index (χ4n) is 1.31. The van der Waals surface area contributed by atoms with Crippen LogP contribution in [0.1, 0.15) is 16.7 Å². The maximum atomic E-state index is 12.4. The van der Waals surface area contributed by atoms with Crippen molar-refractivity contribution in [1.29, 1.82) is 0 Å². The van der Waals surface area contributed by atoms with E-state index in [0.29, 0.717) is 18.2 Å². The maximum Gasteiger partial charge on any atom is 0.416 e. The van der Waals surface area contributed by atoms with E-state index in [4.69, 9.17) is 0 Å². The maximum absolute atomic E-state index is 12.4. The molecule has 0 spiro atoms. The molecule has 1 aromatic rings. The molecule has 17 heavy (non-hydrogen) atoms. The molecule has 0 saturated heterocycles. The lowest BCUT2D eigenvalue weighted by atomic mass is 10.0. The minimum absolute atomic E-state index is 0.130. The standard InChI is InChI=1S/C10H6F6O/c11-9(12,13)7-1-2-8(10(14,15)16)6(5-7)3-4-17/h1-2,4-5H,3H2. The molecule has 7 heteroatoms. The van der Waals surface area contributed by atoms with Gasteiger partial charge in [-0.3, -0.25) is 0 Å². The Morgan fingerprint density at radius 1 is 1.00 bits per heavy atom. The van der Waals surface area contributed by atoms with Gasteiger partial charge < -0.3 is 4.79 Å². The van der Waals surface area contributed by atoms with Crippen LogP contribution in [-0.4, -0.2) is 6.29 Å². The molecular weight excluding hydrogens is 250 g/mol. The number of halogens is 6. The Kier molecular flexibility index (Phi) is 3.49. The highest BCUT2D eigenvalue weighted by atomic mass is 19.4. The Morgan fingerprint density at radius 3 is 2.00 bits per heavy atom. The van der Waals surface area contributed by atoms with Gasteiger partial charge in [0.2, 0.25) is 0 Å². The number of hydrogen-bond donors (Lipinski definition) is 0. The first-order chi connectivity index (χ1) is 7.66. The number of benzene rings is 1. The molecule has 0 heterocycles. The monoisotopic (exact) mass is 256 g/mol. The van der Waals surface area contributed by atoms with Crippen molar-refractivity contribution in [3.63, 3.8) is 0 Å².